The van der Waals surface area contributed by atoms with Crippen LogP contribution in [0, 0.1) is 5.92 Å². The van der Waals surface area contributed by atoms with Crippen LogP contribution in [0.4, 0.5) is 0 Å². The van der Waals surface area contributed by atoms with Crippen LogP contribution in [0.2, 0.25) is 0 Å². The third-order valence-corrected chi connectivity index (χ3v) is 4.82. The van der Waals surface area contributed by atoms with E-state index in [4.69, 9.17) is 9.84 Å². The van der Waals surface area contributed by atoms with Crippen molar-refractivity contribution >= 4 is 17.7 Å². The van der Waals surface area contributed by atoms with E-state index in [0.717, 1.165) is 13.2 Å². The summed E-state index contributed by atoms with van der Waals surface area (Å²) in [5.41, 5.74) is 1.18. The molecule has 2 unspecified atom stereocenters. The molecule has 2 saturated heterocycles. The number of carboxylic acids is 1. The first-order valence-electron chi connectivity index (χ1n) is 6.53. The molecule has 2 fully saturated rings. The predicted octanol–water partition coefficient (Wildman–Crippen LogP) is 1.91. The second kappa shape index (κ2) is 5.53. The maximum atomic E-state index is 10.9. The van der Waals surface area contributed by atoms with E-state index in [9.17, 15) is 4.79 Å². The van der Waals surface area contributed by atoms with Gasteiger partial charge in [0.2, 0.25) is 0 Å². The van der Waals surface area contributed by atoms with E-state index in [-0.39, 0.29) is 12.0 Å². The van der Waals surface area contributed by atoms with E-state index < -0.39 is 5.97 Å². The lowest BCUT2D eigenvalue weighted by Crippen LogP contribution is -2.29. The second-order valence-corrected chi connectivity index (χ2v) is 6.45. The lowest BCUT2D eigenvalue weighted by Gasteiger charge is -2.25. The number of aliphatic carboxylic acids is 1. The van der Waals surface area contributed by atoms with Crippen molar-refractivity contribution in [2.24, 2.45) is 5.92 Å². The van der Waals surface area contributed by atoms with Gasteiger partial charge >= 0.3 is 5.97 Å². The average Bonchev–Trinajstić information content (AvgIpc) is 2.84. The summed E-state index contributed by atoms with van der Waals surface area (Å²) in [5.74, 6) is -0.960. The molecule has 1 aromatic rings. The number of carbonyl (C=O) groups is 1. The van der Waals surface area contributed by atoms with Crippen molar-refractivity contribution < 1.29 is 14.6 Å². The predicted molar refractivity (Wildman–Crippen MR) is 73.4 cm³/mol. The highest BCUT2D eigenvalue weighted by atomic mass is 32.2. The zero-order valence-electron chi connectivity index (χ0n) is 10.5. The molecule has 1 aromatic carbocycles. The highest BCUT2D eigenvalue weighted by Gasteiger charge is 2.30. The summed E-state index contributed by atoms with van der Waals surface area (Å²) in [7, 11) is 0. The minimum absolute atomic E-state index is 0.173. The molecule has 0 amide bonds. The van der Waals surface area contributed by atoms with Gasteiger partial charge in [-0.1, -0.05) is 12.1 Å². The van der Waals surface area contributed by atoms with Crippen LogP contribution in [0.1, 0.15) is 18.0 Å². The number of rotatable bonds is 4. The van der Waals surface area contributed by atoms with Crippen LogP contribution in [0.15, 0.2) is 29.2 Å². The Bertz CT molecular complexity index is 458. The monoisotopic (exact) mass is 279 g/mol. The van der Waals surface area contributed by atoms with Gasteiger partial charge in [0.05, 0.1) is 24.4 Å². The van der Waals surface area contributed by atoms with Crippen LogP contribution in [0.25, 0.3) is 0 Å². The maximum absolute atomic E-state index is 10.9. The molecule has 2 N–H and O–H groups in total. The summed E-state index contributed by atoms with van der Waals surface area (Å²) in [6.45, 7) is 2.25. The quantitative estimate of drug-likeness (QED) is 0.881. The molecule has 102 valence electrons. The first-order chi connectivity index (χ1) is 9.22. The molecule has 3 rings (SSSR count). The van der Waals surface area contributed by atoms with Gasteiger partial charge in [-0.25, -0.2) is 0 Å². The minimum Gasteiger partial charge on any atom is -0.481 e. The lowest BCUT2D eigenvalue weighted by molar-refractivity contribution is -0.141. The standard InChI is InChI=1S/C14H17NO3S/c16-14(17)10-5-13(15-6-10)9-1-3-11(4-2-9)19-12-7-18-8-12/h1-4,10,12-13,15H,5-8H2,(H,16,17). The number of hydrogen-bond donors (Lipinski definition) is 2. The Kier molecular flexibility index (Phi) is 3.77. The van der Waals surface area contributed by atoms with E-state index >= 15 is 0 Å². The Morgan fingerprint density at radius 2 is 2.05 bits per heavy atom. The molecule has 4 nitrogen and oxygen atoms in total. The number of hydrogen-bond acceptors (Lipinski definition) is 4. The third kappa shape index (κ3) is 2.94. The van der Waals surface area contributed by atoms with Gasteiger partial charge in [0, 0.05) is 17.5 Å². The average molecular weight is 279 g/mol. The number of nitrogens with one attached hydrogen (secondary N) is 1. The topological polar surface area (TPSA) is 58.6 Å². The van der Waals surface area contributed by atoms with E-state index in [1.54, 1.807) is 0 Å². The van der Waals surface area contributed by atoms with E-state index in [1.807, 2.05) is 11.8 Å². The Morgan fingerprint density at radius 1 is 1.32 bits per heavy atom. The van der Waals surface area contributed by atoms with Crippen molar-refractivity contribution in [3.8, 4) is 0 Å². The van der Waals surface area contributed by atoms with Gasteiger partial charge < -0.3 is 15.2 Å². The zero-order chi connectivity index (χ0) is 13.2. The molecule has 0 saturated carbocycles. The molecule has 0 bridgehead atoms. The molecule has 2 atom stereocenters. The van der Waals surface area contributed by atoms with Crippen LogP contribution in [-0.4, -0.2) is 36.1 Å². The van der Waals surface area contributed by atoms with Gasteiger partial charge in [-0.05, 0) is 24.1 Å². The molecule has 5 heteroatoms. The molecule has 2 aliphatic rings. The lowest BCUT2D eigenvalue weighted by atomic mass is 10.0. The summed E-state index contributed by atoms with van der Waals surface area (Å²) in [4.78, 5) is 12.2. The summed E-state index contributed by atoms with van der Waals surface area (Å²) in [6, 6.07) is 8.61. The fourth-order valence-corrected chi connectivity index (χ4v) is 3.44. The van der Waals surface area contributed by atoms with Crippen molar-refractivity contribution in [2.45, 2.75) is 22.6 Å². The Morgan fingerprint density at radius 3 is 2.58 bits per heavy atom. The SMILES string of the molecule is O=C(O)C1CNC(c2ccc(SC3COC3)cc2)C1. The fourth-order valence-electron chi connectivity index (χ4n) is 2.43. The third-order valence-electron chi connectivity index (χ3n) is 3.67. The summed E-state index contributed by atoms with van der Waals surface area (Å²) >= 11 is 1.85. The Balaban J connectivity index is 1.61. The van der Waals surface area contributed by atoms with Gasteiger partial charge in [-0.3, -0.25) is 4.79 Å². The van der Waals surface area contributed by atoms with Crippen LogP contribution >= 0.6 is 11.8 Å². The first-order valence-corrected chi connectivity index (χ1v) is 7.41. The summed E-state index contributed by atoms with van der Waals surface area (Å²) in [6.07, 6.45) is 0.679. The Hall–Kier alpha value is -1.04. The second-order valence-electron chi connectivity index (χ2n) is 5.08. The van der Waals surface area contributed by atoms with E-state index in [0.29, 0.717) is 18.2 Å². The highest BCUT2D eigenvalue weighted by molar-refractivity contribution is 8.00. The van der Waals surface area contributed by atoms with Gasteiger partial charge in [-0.15, -0.1) is 11.8 Å². The summed E-state index contributed by atoms with van der Waals surface area (Å²) < 4.78 is 5.16. The highest BCUT2D eigenvalue weighted by Crippen LogP contribution is 2.31. The number of benzene rings is 1. The Labute approximate surface area is 116 Å². The fraction of sp³-hybridized carbons (Fsp3) is 0.500. The minimum atomic E-state index is -0.702. The molecule has 2 aliphatic heterocycles. The zero-order valence-corrected chi connectivity index (χ0v) is 11.4. The van der Waals surface area contributed by atoms with E-state index in [1.165, 1.54) is 10.5 Å². The summed E-state index contributed by atoms with van der Waals surface area (Å²) in [5, 5.41) is 12.9. The normalized spacial score (nSPS) is 27.2. The van der Waals surface area contributed by atoms with Gasteiger partial charge in [0.15, 0.2) is 0 Å². The maximum Gasteiger partial charge on any atom is 0.307 e. The van der Waals surface area contributed by atoms with Crippen LogP contribution in [0.3, 0.4) is 0 Å². The van der Waals surface area contributed by atoms with E-state index in [2.05, 4.69) is 29.6 Å². The van der Waals surface area contributed by atoms with Gasteiger partial charge in [0.25, 0.3) is 0 Å². The smallest absolute Gasteiger partial charge is 0.307 e. The molecular weight excluding hydrogens is 262 g/mol. The molecular formula is C14H17NO3S. The van der Waals surface area contributed by atoms with Crippen molar-refractivity contribution in [2.75, 3.05) is 19.8 Å². The van der Waals surface area contributed by atoms with Crippen molar-refractivity contribution in [1.29, 1.82) is 0 Å². The molecule has 0 aromatic heterocycles. The molecule has 2 heterocycles. The van der Waals surface area contributed by atoms with Crippen LogP contribution in [-0.2, 0) is 9.53 Å². The number of ether oxygens (including phenoxy) is 1. The number of thioether (sulfide) groups is 1. The number of carboxylic acid groups (broad SMARTS) is 1. The van der Waals surface area contributed by atoms with Crippen molar-refractivity contribution in [1.82, 2.24) is 5.32 Å². The van der Waals surface area contributed by atoms with Crippen LogP contribution < -0.4 is 5.32 Å². The first kappa shape index (κ1) is 13.0. The van der Waals surface area contributed by atoms with Gasteiger partial charge in [0.1, 0.15) is 0 Å². The largest absolute Gasteiger partial charge is 0.481 e. The molecule has 0 radical (unpaired) electrons. The van der Waals surface area contributed by atoms with Gasteiger partial charge in [-0.2, -0.15) is 0 Å². The van der Waals surface area contributed by atoms with Crippen LogP contribution in [0.5, 0.6) is 0 Å². The molecule has 0 spiro atoms. The van der Waals surface area contributed by atoms with Crippen molar-refractivity contribution in [3.63, 3.8) is 0 Å². The van der Waals surface area contributed by atoms with Crippen molar-refractivity contribution in [3.05, 3.63) is 29.8 Å². The molecule has 19 heavy (non-hydrogen) atoms. The molecule has 0 aliphatic carbocycles.